The third-order valence-corrected chi connectivity index (χ3v) is 3.44. The van der Waals surface area contributed by atoms with Gasteiger partial charge in [-0.25, -0.2) is 15.0 Å². The van der Waals surface area contributed by atoms with Crippen LogP contribution in [0.25, 0.3) is 11.4 Å². The summed E-state index contributed by atoms with van der Waals surface area (Å²) in [6.45, 7) is 2.75. The maximum absolute atomic E-state index is 10.0. The maximum atomic E-state index is 10.0. The topological polar surface area (TPSA) is 77.4 Å². The van der Waals surface area contributed by atoms with E-state index in [0.29, 0.717) is 23.7 Å². The second-order valence-corrected chi connectivity index (χ2v) is 5.31. The molecule has 2 rings (SSSR count). The van der Waals surface area contributed by atoms with Gasteiger partial charge in [-0.05, 0) is 18.6 Å². The van der Waals surface area contributed by atoms with Gasteiger partial charge >= 0.3 is 0 Å². The molecule has 0 saturated heterocycles. The Hall–Kier alpha value is -2.21. The quantitative estimate of drug-likeness (QED) is 0.406. The molecule has 0 atom stereocenters. The van der Waals surface area contributed by atoms with Crippen molar-refractivity contribution < 1.29 is 14.9 Å². The molecule has 0 fully saturated rings. The van der Waals surface area contributed by atoms with Gasteiger partial charge in [0.25, 0.3) is 0 Å². The van der Waals surface area contributed by atoms with Crippen LogP contribution in [0, 0.1) is 0 Å². The first-order valence-corrected chi connectivity index (χ1v) is 8.06. The molecule has 23 heavy (non-hydrogen) atoms. The van der Waals surface area contributed by atoms with Crippen LogP contribution in [0.5, 0.6) is 11.5 Å². The summed E-state index contributed by atoms with van der Waals surface area (Å²) in [5, 5.41) is 10.0. The number of hydrogen-bond acceptors (Lipinski definition) is 6. The Morgan fingerprint density at radius 1 is 1.00 bits per heavy atom. The van der Waals surface area contributed by atoms with E-state index >= 15 is 0 Å². The third kappa shape index (κ3) is 5.83. The van der Waals surface area contributed by atoms with Gasteiger partial charge in [0.05, 0.1) is 12.2 Å². The minimum atomic E-state index is 0.0388. The molecule has 0 spiro atoms. The predicted molar refractivity (Wildman–Crippen MR) is 86.9 cm³/mol. The summed E-state index contributed by atoms with van der Waals surface area (Å²) in [5.41, 5.74) is 0.524. The second kappa shape index (κ2) is 9.74. The molecule has 1 N–H and O–H groups in total. The van der Waals surface area contributed by atoms with E-state index in [2.05, 4.69) is 21.9 Å². The fourth-order valence-corrected chi connectivity index (χ4v) is 2.18. The molecule has 6 nitrogen and oxygen atoms in total. The van der Waals surface area contributed by atoms with Gasteiger partial charge in [0.15, 0.2) is 11.6 Å². The molecule has 0 radical (unpaired) electrons. The number of phenolic OH excluding ortho intramolecular Hbond substituents is 1. The van der Waals surface area contributed by atoms with Crippen molar-refractivity contribution in [1.82, 2.24) is 15.0 Å². The SMILES string of the molecule is CCCCCCCCOOc1ccc(-c2ncncn2)c(O)c1. The minimum absolute atomic E-state index is 0.0388. The fraction of sp³-hybridized carbons (Fsp3) is 0.471. The summed E-state index contributed by atoms with van der Waals surface area (Å²) in [4.78, 5) is 22.1. The number of unbranched alkanes of at least 4 members (excludes halogenated alkanes) is 5. The molecular formula is C17H23N3O3. The molecule has 0 aliphatic rings. The number of hydrogen-bond donors (Lipinski definition) is 1. The van der Waals surface area contributed by atoms with Gasteiger partial charge in [-0.3, -0.25) is 0 Å². The van der Waals surface area contributed by atoms with Crippen molar-refractivity contribution in [2.24, 2.45) is 0 Å². The summed E-state index contributed by atoms with van der Waals surface area (Å²) in [6, 6.07) is 4.88. The highest BCUT2D eigenvalue weighted by molar-refractivity contribution is 5.64. The highest BCUT2D eigenvalue weighted by atomic mass is 17.2. The van der Waals surface area contributed by atoms with Crippen LogP contribution in [0.15, 0.2) is 30.9 Å². The number of aromatic hydroxyl groups is 1. The van der Waals surface area contributed by atoms with Crippen LogP contribution in [0.3, 0.4) is 0 Å². The minimum Gasteiger partial charge on any atom is -0.507 e. The van der Waals surface area contributed by atoms with Crippen LogP contribution in [-0.4, -0.2) is 26.7 Å². The standard InChI is InChI=1S/C17H23N3O3/c1-2-3-4-5-6-7-10-22-23-14-8-9-15(16(21)11-14)17-19-12-18-13-20-17/h8-9,11-13,21H,2-7,10H2,1H3. The van der Waals surface area contributed by atoms with Crippen molar-refractivity contribution in [3.05, 3.63) is 30.9 Å². The molecule has 2 aromatic rings. The third-order valence-electron chi connectivity index (χ3n) is 3.44. The van der Waals surface area contributed by atoms with Gasteiger partial charge in [-0.2, -0.15) is 4.89 Å². The average Bonchev–Trinajstić information content (AvgIpc) is 2.58. The Balaban J connectivity index is 1.74. The average molecular weight is 317 g/mol. The summed E-state index contributed by atoms with van der Waals surface area (Å²) >= 11 is 0. The van der Waals surface area contributed by atoms with E-state index in [-0.39, 0.29) is 5.75 Å². The van der Waals surface area contributed by atoms with Crippen LogP contribution in [-0.2, 0) is 4.89 Å². The first-order chi connectivity index (χ1) is 11.3. The predicted octanol–water partition coefficient (Wildman–Crippen LogP) is 3.92. The lowest BCUT2D eigenvalue weighted by molar-refractivity contribution is -0.207. The van der Waals surface area contributed by atoms with Crippen LogP contribution in [0.1, 0.15) is 45.4 Å². The summed E-state index contributed by atoms with van der Waals surface area (Å²) in [7, 11) is 0. The fourth-order valence-electron chi connectivity index (χ4n) is 2.18. The zero-order valence-corrected chi connectivity index (χ0v) is 13.4. The van der Waals surface area contributed by atoms with Crippen LogP contribution in [0.2, 0.25) is 0 Å². The number of aromatic nitrogens is 3. The van der Waals surface area contributed by atoms with Gasteiger partial charge in [-0.15, -0.1) is 0 Å². The van der Waals surface area contributed by atoms with E-state index in [9.17, 15) is 5.11 Å². The monoisotopic (exact) mass is 317 g/mol. The van der Waals surface area contributed by atoms with E-state index in [4.69, 9.17) is 9.78 Å². The van der Waals surface area contributed by atoms with Gasteiger partial charge in [-0.1, -0.05) is 39.0 Å². The molecule has 124 valence electrons. The highest BCUT2D eigenvalue weighted by Crippen LogP contribution is 2.30. The van der Waals surface area contributed by atoms with E-state index in [1.54, 1.807) is 12.1 Å². The molecule has 0 aliphatic carbocycles. The summed E-state index contributed by atoms with van der Waals surface area (Å²) in [5.74, 6) is 0.903. The van der Waals surface area contributed by atoms with Crippen molar-refractivity contribution in [3.8, 4) is 22.9 Å². The molecular weight excluding hydrogens is 294 g/mol. The van der Waals surface area contributed by atoms with Crippen LogP contribution < -0.4 is 4.89 Å². The van der Waals surface area contributed by atoms with Crippen molar-refractivity contribution >= 4 is 0 Å². The summed E-state index contributed by atoms with van der Waals surface area (Å²) in [6.07, 6.45) is 9.95. The Labute approximate surface area is 136 Å². The number of benzene rings is 1. The maximum Gasteiger partial charge on any atom is 0.169 e. The van der Waals surface area contributed by atoms with Gasteiger partial charge in [0.2, 0.25) is 0 Å². The molecule has 0 unspecified atom stereocenters. The highest BCUT2D eigenvalue weighted by Gasteiger charge is 2.08. The largest absolute Gasteiger partial charge is 0.507 e. The Morgan fingerprint density at radius 3 is 2.48 bits per heavy atom. The second-order valence-electron chi connectivity index (χ2n) is 5.31. The molecule has 6 heteroatoms. The van der Waals surface area contributed by atoms with E-state index in [1.807, 2.05) is 0 Å². The zero-order valence-electron chi connectivity index (χ0n) is 13.4. The Morgan fingerprint density at radius 2 is 1.74 bits per heavy atom. The van der Waals surface area contributed by atoms with Crippen molar-refractivity contribution in [1.29, 1.82) is 0 Å². The molecule has 0 aliphatic heterocycles. The Kier molecular flexibility index (Phi) is 7.26. The van der Waals surface area contributed by atoms with E-state index in [1.165, 1.54) is 44.4 Å². The van der Waals surface area contributed by atoms with E-state index < -0.39 is 0 Å². The first-order valence-electron chi connectivity index (χ1n) is 8.06. The Bertz CT molecular complexity index is 579. The van der Waals surface area contributed by atoms with Crippen molar-refractivity contribution in [3.63, 3.8) is 0 Å². The normalized spacial score (nSPS) is 10.7. The molecule has 0 bridgehead atoms. The van der Waals surface area contributed by atoms with Gasteiger partial charge in [0, 0.05) is 6.07 Å². The van der Waals surface area contributed by atoms with Crippen LogP contribution >= 0.6 is 0 Å². The lowest BCUT2D eigenvalue weighted by Crippen LogP contribution is -1.99. The smallest absolute Gasteiger partial charge is 0.169 e. The van der Waals surface area contributed by atoms with Crippen LogP contribution in [0.4, 0.5) is 0 Å². The lowest BCUT2D eigenvalue weighted by atomic mass is 10.1. The number of phenols is 1. The van der Waals surface area contributed by atoms with Gasteiger partial charge < -0.3 is 9.99 Å². The number of rotatable bonds is 10. The molecule has 0 amide bonds. The number of nitrogens with zero attached hydrogens (tertiary/aromatic N) is 3. The van der Waals surface area contributed by atoms with Crippen molar-refractivity contribution in [2.45, 2.75) is 45.4 Å². The molecule has 1 aromatic heterocycles. The lowest BCUT2D eigenvalue weighted by Gasteiger charge is -2.07. The zero-order chi connectivity index (χ0) is 16.3. The van der Waals surface area contributed by atoms with Gasteiger partial charge in [0.1, 0.15) is 18.4 Å². The summed E-state index contributed by atoms with van der Waals surface area (Å²) < 4.78 is 0. The molecule has 0 saturated carbocycles. The van der Waals surface area contributed by atoms with Crippen molar-refractivity contribution in [2.75, 3.05) is 6.61 Å². The van der Waals surface area contributed by atoms with E-state index in [0.717, 1.165) is 12.8 Å². The molecule has 1 heterocycles. The molecule has 1 aromatic carbocycles. The first kappa shape index (κ1) is 17.1.